The number of rotatable bonds is 7. The molecule has 3 heteroatoms. The van der Waals surface area contributed by atoms with Gasteiger partial charge in [0.05, 0.1) is 6.61 Å². The van der Waals surface area contributed by atoms with E-state index in [0.29, 0.717) is 5.41 Å². The van der Waals surface area contributed by atoms with Gasteiger partial charge in [-0.2, -0.15) is 0 Å². The fourth-order valence-electron chi connectivity index (χ4n) is 3.23. The molecule has 1 saturated carbocycles. The van der Waals surface area contributed by atoms with Crippen LogP contribution in [-0.4, -0.2) is 49.3 Å². The summed E-state index contributed by atoms with van der Waals surface area (Å²) < 4.78 is 5.86. The lowest BCUT2D eigenvalue weighted by molar-refractivity contribution is -0.0301. The average molecular weight is 282 g/mol. The Labute approximate surface area is 125 Å². The first kappa shape index (κ1) is 16.3. The lowest BCUT2D eigenvalue weighted by Gasteiger charge is -2.42. The van der Waals surface area contributed by atoms with Gasteiger partial charge < -0.3 is 10.1 Å². The Kier molecular flexibility index (Phi) is 5.49. The Balaban J connectivity index is 1.97. The summed E-state index contributed by atoms with van der Waals surface area (Å²) in [4.78, 5) is 2.74. The predicted octanol–water partition coefficient (Wildman–Crippen LogP) is 3.05. The molecule has 1 aliphatic heterocycles. The van der Waals surface area contributed by atoms with Crippen molar-refractivity contribution in [2.45, 2.75) is 71.4 Å². The molecule has 0 aromatic rings. The molecule has 2 fully saturated rings. The summed E-state index contributed by atoms with van der Waals surface area (Å²) in [6.45, 7) is 14.5. The van der Waals surface area contributed by atoms with Gasteiger partial charge in [0.2, 0.25) is 0 Å². The largest absolute Gasteiger partial charge is 0.381 e. The van der Waals surface area contributed by atoms with E-state index in [2.05, 4.69) is 37.9 Å². The van der Waals surface area contributed by atoms with Gasteiger partial charge in [-0.3, -0.25) is 4.90 Å². The van der Waals surface area contributed by atoms with Gasteiger partial charge in [0.1, 0.15) is 0 Å². The van der Waals surface area contributed by atoms with Crippen LogP contribution in [0.3, 0.4) is 0 Å². The first-order chi connectivity index (χ1) is 9.44. The summed E-state index contributed by atoms with van der Waals surface area (Å²) in [7, 11) is 0. The molecule has 1 saturated heterocycles. The lowest BCUT2D eigenvalue weighted by Crippen LogP contribution is -2.53. The first-order valence-corrected chi connectivity index (χ1v) is 8.51. The van der Waals surface area contributed by atoms with E-state index < -0.39 is 0 Å². The second kappa shape index (κ2) is 6.76. The molecule has 0 aromatic carbocycles. The van der Waals surface area contributed by atoms with Gasteiger partial charge in [-0.25, -0.2) is 0 Å². The summed E-state index contributed by atoms with van der Waals surface area (Å²) in [5, 5.41) is 3.73. The SMILES string of the molecule is CCCN(CC1(CNC(C)(C)C)CCCOC1)C1CC1. The van der Waals surface area contributed by atoms with Gasteiger partial charge in [0.15, 0.2) is 0 Å². The van der Waals surface area contributed by atoms with Gasteiger partial charge in [-0.05, 0) is 59.4 Å². The molecule has 0 radical (unpaired) electrons. The Morgan fingerprint density at radius 1 is 1.30 bits per heavy atom. The van der Waals surface area contributed by atoms with Gasteiger partial charge in [-0.15, -0.1) is 0 Å². The molecule has 118 valence electrons. The van der Waals surface area contributed by atoms with E-state index in [-0.39, 0.29) is 5.54 Å². The topological polar surface area (TPSA) is 24.5 Å². The van der Waals surface area contributed by atoms with Crippen LogP contribution in [0.4, 0.5) is 0 Å². The van der Waals surface area contributed by atoms with E-state index in [1.807, 2.05) is 0 Å². The maximum Gasteiger partial charge on any atom is 0.0546 e. The normalized spacial score (nSPS) is 28.1. The van der Waals surface area contributed by atoms with E-state index in [9.17, 15) is 0 Å². The number of ether oxygens (including phenoxy) is 1. The molecule has 0 amide bonds. The molecular formula is C17H34N2O. The molecule has 1 aliphatic carbocycles. The third-order valence-corrected chi connectivity index (χ3v) is 4.51. The van der Waals surface area contributed by atoms with Crippen molar-refractivity contribution < 1.29 is 4.74 Å². The smallest absolute Gasteiger partial charge is 0.0546 e. The van der Waals surface area contributed by atoms with Crippen molar-refractivity contribution in [2.24, 2.45) is 5.41 Å². The van der Waals surface area contributed by atoms with Crippen LogP contribution in [0.25, 0.3) is 0 Å². The van der Waals surface area contributed by atoms with E-state index in [4.69, 9.17) is 4.74 Å². The van der Waals surface area contributed by atoms with E-state index in [0.717, 1.165) is 25.8 Å². The summed E-state index contributed by atoms with van der Waals surface area (Å²) in [5.74, 6) is 0. The third-order valence-electron chi connectivity index (χ3n) is 4.51. The molecule has 2 rings (SSSR count). The summed E-state index contributed by atoms with van der Waals surface area (Å²) in [6, 6.07) is 0.864. The highest BCUT2D eigenvalue weighted by atomic mass is 16.5. The molecule has 1 unspecified atom stereocenters. The predicted molar refractivity (Wildman–Crippen MR) is 85.1 cm³/mol. The fraction of sp³-hybridized carbons (Fsp3) is 1.00. The number of nitrogens with zero attached hydrogens (tertiary/aromatic N) is 1. The summed E-state index contributed by atoms with van der Waals surface area (Å²) >= 11 is 0. The minimum atomic E-state index is 0.194. The number of hydrogen-bond donors (Lipinski definition) is 1. The van der Waals surface area contributed by atoms with Crippen molar-refractivity contribution >= 4 is 0 Å². The van der Waals surface area contributed by atoms with Crippen molar-refractivity contribution in [3.63, 3.8) is 0 Å². The Morgan fingerprint density at radius 3 is 2.55 bits per heavy atom. The molecule has 0 spiro atoms. The van der Waals surface area contributed by atoms with Gasteiger partial charge in [-0.1, -0.05) is 6.92 Å². The quantitative estimate of drug-likeness (QED) is 0.777. The van der Waals surface area contributed by atoms with Crippen molar-refractivity contribution in [2.75, 3.05) is 32.8 Å². The zero-order valence-corrected chi connectivity index (χ0v) is 14.0. The molecule has 3 nitrogen and oxygen atoms in total. The van der Waals surface area contributed by atoms with Crippen LogP contribution in [0.2, 0.25) is 0 Å². The molecular weight excluding hydrogens is 248 g/mol. The van der Waals surface area contributed by atoms with Crippen LogP contribution in [0.5, 0.6) is 0 Å². The Hall–Kier alpha value is -0.120. The van der Waals surface area contributed by atoms with E-state index in [1.54, 1.807) is 0 Å². The molecule has 1 heterocycles. The molecule has 0 aromatic heterocycles. The second-order valence-corrected chi connectivity index (χ2v) is 7.96. The second-order valence-electron chi connectivity index (χ2n) is 7.96. The maximum atomic E-state index is 5.86. The minimum Gasteiger partial charge on any atom is -0.381 e. The Bertz CT molecular complexity index is 288. The van der Waals surface area contributed by atoms with Crippen LogP contribution >= 0.6 is 0 Å². The van der Waals surface area contributed by atoms with Crippen LogP contribution in [-0.2, 0) is 4.74 Å². The van der Waals surface area contributed by atoms with E-state index >= 15 is 0 Å². The van der Waals surface area contributed by atoms with Gasteiger partial charge in [0, 0.05) is 36.7 Å². The Morgan fingerprint density at radius 2 is 2.05 bits per heavy atom. The minimum absolute atomic E-state index is 0.194. The van der Waals surface area contributed by atoms with Gasteiger partial charge >= 0.3 is 0 Å². The van der Waals surface area contributed by atoms with Gasteiger partial charge in [0.25, 0.3) is 0 Å². The van der Waals surface area contributed by atoms with E-state index in [1.165, 1.54) is 45.2 Å². The van der Waals surface area contributed by atoms with Crippen LogP contribution in [0, 0.1) is 5.41 Å². The highest BCUT2D eigenvalue weighted by molar-refractivity contribution is 4.93. The summed E-state index contributed by atoms with van der Waals surface area (Å²) in [5.41, 5.74) is 0.517. The summed E-state index contributed by atoms with van der Waals surface area (Å²) in [6.07, 6.45) is 6.60. The van der Waals surface area contributed by atoms with Crippen molar-refractivity contribution in [1.82, 2.24) is 10.2 Å². The van der Waals surface area contributed by atoms with Crippen molar-refractivity contribution in [3.8, 4) is 0 Å². The molecule has 1 atom stereocenters. The third kappa shape index (κ3) is 5.01. The van der Waals surface area contributed by atoms with Crippen molar-refractivity contribution in [3.05, 3.63) is 0 Å². The maximum absolute atomic E-state index is 5.86. The zero-order valence-electron chi connectivity index (χ0n) is 14.0. The molecule has 1 N–H and O–H groups in total. The highest BCUT2D eigenvalue weighted by Crippen LogP contribution is 2.35. The first-order valence-electron chi connectivity index (χ1n) is 8.51. The standard InChI is InChI=1S/C17H34N2O/c1-5-10-19(15-7-8-15)13-17(9-6-11-20-14-17)12-18-16(2,3)4/h15,18H,5-14H2,1-4H3. The number of hydrogen-bond acceptors (Lipinski definition) is 3. The monoisotopic (exact) mass is 282 g/mol. The highest BCUT2D eigenvalue weighted by Gasteiger charge is 2.39. The average Bonchev–Trinajstić information content (AvgIpc) is 3.21. The van der Waals surface area contributed by atoms with Crippen LogP contribution in [0.15, 0.2) is 0 Å². The van der Waals surface area contributed by atoms with Crippen LogP contribution in [0.1, 0.15) is 59.8 Å². The lowest BCUT2D eigenvalue weighted by atomic mass is 9.81. The fourth-order valence-corrected chi connectivity index (χ4v) is 3.23. The number of nitrogens with one attached hydrogen (secondary N) is 1. The zero-order chi connectivity index (χ0) is 14.6. The van der Waals surface area contributed by atoms with Crippen LogP contribution < -0.4 is 5.32 Å². The molecule has 2 aliphatic rings. The molecule has 0 bridgehead atoms. The molecule has 20 heavy (non-hydrogen) atoms. The van der Waals surface area contributed by atoms with Crippen molar-refractivity contribution in [1.29, 1.82) is 0 Å².